The molecule has 1 atom stereocenters. The summed E-state index contributed by atoms with van der Waals surface area (Å²) in [5.41, 5.74) is -0.188. The lowest BCUT2D eigenvalue weighted by atomic mass is 9.88. The minimum absolute atomic E-state index is 0.188. The summed E-state index contributed by atoms with van der Waals surface area (Å²) in [6.45, 7) is 9.18. The van der Waals surface area contributed by atoms with Gasteiger partial charge in [0.1, 0.15) is 0 Å². The molecule has 1 saturated heterocycles. The Bertz CT molecular complexity index is 261. The lowest BCUT2D eigenvalue weighted by Gasteiger charge is -2.44. The summed E-state index contributed by atoms with van der Waals surface area (Å²) in [6, 6.07) is 0. The summed E-state index contributed by atoms with van der Waals surface area (Å²) >= 11 is 0. The second-order valence-corrected chi connectivity index (χ2v) is 6.29. The van der Waals surface area contributed by atoms with Gasteiger partial charge in [-0.3, -0.25) is 4.79 Å². The fourth-order valence-corrected chi connectivity index (χ4v) is 2.63. The molecule has 0 radical (unpaired) electrons. The molecule has 1 aliphatic rings. The van der Waals surface area contributed by atoms with Gasteiger partial charge in [-0.15, -0.1) is 0 Å². The van der Waals surface area contributed by atoms with E-state index in [0.29, 0.717) is 25.3 Å². The Balaban J connectivity index is 2.45. The summed E-state index contributed by atoms with van der Waals surface area (Å²) in [4.78, 5) is 14.1. The van der Waals surface area contributed by atoms with Gasteiger partial charge in [0.25, 0.3) is 0 Å². The molecule has 1 N–H and O–H groups in total. The molecular formula is C14H27NO2. The maximum absolute atomic E-state index is 12.1. The number of amides is 1. The van der Waals surface area contributed by atoms with Crippen molar-refractivity contribution in [1.82, 2.24) is 4.90 Å². The molecule has 17 heavy (non-hydrogen) atoms. The number of likely N-dealkylation sites (tertiary alicyclic amines) is 1. The molecule has 1 unspecified atom stereocenters. The number of nitrogens with zero attached hydrogens (tertiary/aromatic N) is 1. The van der Waals surface area contributed by atoms with Crippen molar-refractivity contribution >= 4 is 5.91 Å². The molecule has 3 heteroatoms. The zero-order valence-corrected chi connectivity index (χ0v) is 11.7. The molecule has 3 nitrogen and oxygen atoms in total. The van der Waals surface area contributed by atoms with E-state index in [1.54, 1.807) is 0 Å². The van der Waals surface area contributed by atoms with Gasteiger partial charge < -0.3 is 10.0 Å². The molecule has 1 amide bonds. The van der Waals surface area contributed by atoms with Crippen molar-refractivity contribution < 1.29 is 9.90 Å². The molecule has 0 aromatic rings. The summed E-state index contributed by atoms with van der Waals surface area (Å²) in [5, 5.41) is 9.66. The van der Waals surface area contributed by atoms with Crippen LogP contribution < -0.4 is 0 Å². The van der Waals surface area contributed by atoms with Gasteiger partial charge in [0.15, 0.2) is 0 Å². The molecule has 0 aliphatic carbocycles. The molecule has 0 spiro atoms. The van der Waals surface area contributed by atoms with Gasteiger partial charge in [0, 0.05) is 18.5 Å². The lowest BCUT2D eigenvalue weighted by molar-refractivity contribution is -0.141. The molecule has 1 heterocycles. The zero-order valence-electron chi connectivity index (χ0n) is 11.7. The molecule has 0 aromatic carbocycles. The molecule has 1 fully saturated rings. The standard InChI is InChI=1S/C14H27NO2/c1-11(2)6-5-7-13(17)15-9-8-12(16)10-14(15,3)4/h11-12,16H,5-10H2,1-4H3. The highest BCUT2D eigenvalue weighted by molar-refractivity contribution is 5.77. The van der Waals surface area contributed by atoms with Crippen LogP contribution in [0.25, 0.3) is 0 Å². The van der Waals surface area contributed by atoms with Crippen LogP contribution in [0.2, 0.25) is 0 Å². The summed E-state index contributed by atoms with van der Waals surface area (Å²) in [6.07, 6.45) is 3.92. The molecule has 0 aromatic heterocycles. The van der Waals surface area contributed by atoms with Crippen LogP contribution in [0.4, 0.5) is 0 Å². The Kier molecular flexibility index (Phi) is 4.99. The second-order valence-electron chi connectivity index (χ2n) is 6.29. The van der Waals surface area contributed by atoms with E-state index in [4.69, 9.17) is 0 Å². The van der Waals surface area contributed by atoms with Crippen LogP contribution in [-0.4, -0.2) is 34.1 Å². The van der Waals surface area contributed by atoms with Crippen molar-refractivity contribution in [2.75, 3.05) is 6.54 Å². The first kappa shape index (κ1) is 14.5. The Hall–Kier alpha value is -0.570. The minimum Gasteiger partial charge on any atom is -0.393 e. The second kappa shape index (κ2) is 5.85. The zero-order chi connectivity index (χ0) is 13.1. The van der Waals surface area contributed by atoms with E-state index in [9.17, 15) is 9.90 Å². The van der Waals surface area contributed by atoms with E-state index in [-0.39, 0.29) is 17.6 Å². The number of aliphatic hydroxyl groups excluding tert-OH is 1. The maximum Gasteiger partial charge on any atom is 0.223 e. The lowest BCUT2D eigenvalue weighted by Crippen LogP contribution is -2.54. The van der Waals surface area contributed by atoms with E-state index >= 15 is 0 Å². The predicted molar refractivity (Wildman–Crippen MR) is 69.7 cm³/mol. The van der Waals surface area contributed by atoms with Crippen LogP contribution in [-0.2, 0) is 4.79 Å². The molecular weight excluding hydrogens is 214 g/mol. The van der Waals surface area contributed by atoms with Crippen LogP contribution in [0.5, 0.6) is 0 Å². The molecule has 100 valence electrons. The van der Waals surface area contributed by atoms with Gasteiger partial charge in [0.2, 0.25) is 5.91 Å². The van der Waals surface area contributed by atoms with E-state index in [0.717, 1.165) is 19.3 Å². The number of aliphatic hydroxyl groups is 1. The quantitative estimate of drug-likeness (QED) is 0.822. The number of carbonyl (C=O) groups excluding carboxylic acids is 1. The average Bonchev–Trinajstić information content (AvgIpc) is 2.14. The van der Waals surface area contributed by atoms with Gasteiger partial charge in [0.05, 0.1) is 6.10 Å². The average molecular weight is 241 g/mol. The highest BCUT2D eigenvalue weighted by Gasteiger charge is 2.36. The van der Waals surface area contributed by atoms with Crippen LogP contribution in [0, 0.1) is 5.92 Å². The first-order valence-corrected chi connectivity index (χ1v) is 6.81. The van der Waals surface area contributed by atoms with Crippen molar-refractivity contribution in [3.63, 3.8) is 0 Å². The monoisotopic (exact) mass is 241 g/mol. The van der Waals surface area contributed by atoms with Gasteiger partial charge in [-0.05, 0) is 39.0 Å². The predicted octanol–water partition coefficient (Wildman–Crippen LogP) is 2.57. The number of hydrogen-bond donors (Lipinski definition) is 1. The Morgan fingerprint density at radius 1 is 1.47 bits per heavy atom. The van der Waals surface area contributed by atoms with Crippen molar-refractivity contribution in [3.05, 3.63) is 0 Å². The van der Waals surface area contributed by atoms with Crippen LogP contribution in [0.1, 0.15) is 59.8 Å². The van der Waals surface area contributed by atoms with E-state index in [1.807, 2.05) is 4.90 Å². The Labute approximate surface area is 105 Å². The van der Waals surface area contributed by atoms with Crippen molar-refractivity contribution in [2.24, 2.45) is 5.92 Å². The van der Waals surface area contributed by atoms with E-state index in [2.05, 4.69) is 27.7 Å². The van der Waals surface area contributed by atoms with Crippen LogP contribution in [0.15, 0.2) is 0 Å². The number of piperidine rings is 1. The van der Waals surface area contributed by atoms with E-state index in [1.165, 1.54) is 0 Å². The Morgan fingerprint density at radius 3 is 2.65 bits per heavy atom. The van der Waals surface area contributed by atoms with Crippen molar-refractivity contribution in [2.45, 2.75) is 71.4 Å². The van der Waals surface area contributed by atoms with Crippen molar-refractivity contribution in [3.8, 4) is 0 Å². The van der Waals surface area contributed by atoms with Crippen molar-refractivity contribution in [1.29, 1.82) is 0 Å². The third-order valence-electron chi connectivity index (χ3n) is 3.62. The first-order chi connectivity index (χ1) is 7.83. The highest BCUT2D eigenvalue weighted by atomic mass is 16.3. The largest absolute Gasteiger partial charge is 0.393 e. The minimum atomic E-state index is -0.246. The summed E-state index contributed by atoms with van der Waals surface area (Å²) in [5.74, 6) is 0.918. The third-order valence-corrected chi connectivity index (χ3v) is 3.62. The smallest absolute Gasteiger partial charge is 0.223 e. The van der Waals surface area contributed by atoms with Gasteiger partial charge in [-0.25, -0.2) is 0 Å². The molecule has 0 bridgehead atoms. The molecule has 1 rings (SSSR count). The number of rotatable bonds is 4. The highest BCUT2D eigenvalue weighted by Crippen LogP contribution is 2.28. The normalized spacial score (nSPS) is 24.1. The third kappa shape index (κ3) is 4.30. The molecule has 1 aliphatic heterocycles. The topological polar surface area (TPSA) is 40.5 Å². The summed E-state index contributed by atoms with van der Waals surface area (Å²) < 4.78 is 0. The van der Waals surface area contributed by atoms with Gasteiger partial charge in [-0.2, -0.15) is 0 Å². The van der Waals surface area contributed by atoms with Gasteiger partial charge in [-0.1, -0.05) is 20.3 Å². The fraction of sp³-hybridized carbons (Fsp3) is 0.929. The number of hydrogen-bond acceptors (Lipinski definition) is 2. The number of carbonyl (C=O) groups is 1. The fourth-order valence-electron chi connectivity index (χ4n) is 2.63. The van der Waals surface area contributed by atoms with E-state index < -0.39 is 0 Å². The van der Waals surface area contributed by atoms with Crippen LogP contribution in [0.3, 0.4) is 0 Å². The summed E-state index contributed by atoms with van der Waals surface area (Å²) in [7, 11) is 0. The maximum atomic E-state index is 12.1. The molecule has 0 saturated carbocycles. The SMILES string of the molecule is CC(C)CCCC(=O)N1CCC(O)CC1(C)C. The first-order valence-electron chi connectivity index (χ1n) is 6.81. The van der Waals surface area contributed by atoms with Crippen LogP contribution >= 0.6 is 0 Å². The van der Waals surface area contributed by atoms with Gasteiger partial charge >= 0.3 is 0 Å². The Morgan fingerprint density at radius 2 is 2.12 bits per heavy atom.